The van der Waals surface area contributed by atoms with Crippen molar-refractivity contribution in [3.63, 3.8) is 0 Å². The topological polar surface area (TPSA) is 77.3 Å². The predicted octanol–water partition coefficient (Wildman–Crippen LogP) is 23.5. The van der Waals surface area contributed by atoms with Gasteiger partial charge in [0.15, 0.2) is 0 Å². The molecule has 0 amide bonds. The van der Waals surface area contributed by atoms with E-state index < -0.39 is 21.7 Å². The predicted molar refractivity (Wildman–Crippen MR) is 434 cm³/mol. The summed E-state index contributed by atoms with van der Waals surface area (Å²) >= 11 is 3.64. The van der Waals surface area contributed by atoms with Gasteiger partial charge in [0.05, 0.1) is 33.6 Å². The van der Waals surface area contributed by atoms with Crippen LogP contribution in [0.5, 0.6) is 0 Å². The second-order valence-electron chi connectivity index (χ2n) is 30.7. The van der Waals surface area contributed by atoms with Crippen LogP contribution in [0.4, 0.5) is 0 Å². The second kappa shape index (κ2) is 30.9. The molecule has 0 aliphatic carbocycles. The van der Waals surface area contributed by atoms with Crippen molar-refractivity contribution >= 4 is 63.0 Å². The second-order valence-corrected chi connectivity index (χ2v) is 32.8. The first-order chi connectivity index (χ1) is 50.7. The molecule has 16 rings (SSSR count). The molecule has 0 N–H and O–H groups in total. The molecule has 8 aromatic heterocycles. The summed E-state index contributed by atoms with van der Waals surface area (Å²) in [6.45, 7) is 24.8. The molecule has 4 atom stereocenters. The van der Waals surface area contributed by atoms with Crippen molar-refractivity contribution in [2.75, 3.05) is 0 Å². The monoisotopic (exact) mass is 1780 g/mol. The Bertz CT molecular complexity index is 5590. The summed E-state index contributed by atoms with van der Waals surface area (Å²) < 4.78 is 4.82. The van der Waals surface area contributed by atoms with Gasteiger partial charge in [0.25, 0.3) is 0 Å². The number of fused-ring (bicyclic) bond motifs is 6. The molecule has 2 unspecified atom stereocenters. The van der Waals surface area contributed by atoms with Crippen LogP contribution in [0, 0.1) is 54.2 Å². The van der Waals surface area contributed by atoms with Gasteiger partial charge in [-0.05, 0) is 157 Å². The van der Waals surface area contributed by atoms with Gasteiger partial charge in [-0.1, -0.05) is 97.0 Å². The van der Waals surface area contributed by atoms with Crippen molar-refractivity contribution < 1.29 is 40.2 Å². The Balaban J connectivity index is 0.000000186. The number of hydrogen-bond acceptors (Lipinski definition) is 8. The fourth-order valence-corrected chi connectivity index (χ4v) is 17.6. The zero-order chi connectivity index (χ0) is 72.7. The van der Waals surface area contributed by atoms with Crippen LogP contribution in [0.25, 0.3) is 62.9 Å². The summed E-state index contributed by atoms with van der Waals surface area (Å²) in [5.74, 6) is 0. The van der Waals surface area contributed by atoms with Crippen molar-refractivity contribution in [3.05, 3.63) is 394 Å². The van der Waals surface area contributed by atoms with Crippen LogP contribution in [0.3, 0.4) is 0 Å². The minimum atomic E-state index is -0.681. The summed E-state index contributed by atoms with van der Waals surface area (Å²) in [4.78, 5) is 30.9. The molecule has 8 aromatic carbocycles. The third-order valence-corrected chi connectivity index (χ3v) is 23.0. The van der Waals surface area contributed by atoms with Crippen LogP contribution in [0.1, 0.15) is 153 Å². The van der Waals surface area contributed by atoms with E-state index >= 15 is 0 Å². The summed E-state index contributed by atoms with van der Waals surface area (Å²) in [6.07, 6.45) is 9.47. The Hall–Kier alpha value is -9.60. The maximum absolute atomic E-state index is 5.68. The number of benzene rings is 8. The van der Waals surface area contributed by atoms with Gasteiger partial charge >= 0.3 is 40.2 Å². The molecule has 0 aliphatic rings. The van der Waals surface area contributed by atoms with Crippen LogP contribution in [-0.2, 0) is 74.7 Å². The van der Waals surface area contributed by atoms with Crippen LogP contribution < -0.4 is 0 Å². The van der Waals surface area contributed by atoms with Crippen molar-refractivity contribution in [3.8, 4) is 22.5 Å². The molecule has 0 fully saturated rings. The summed E-state index contributed by atoms with van der Waals surface area (Å²) in [7, 11) is 0. The molecule has 107 heavy (non-hydrogen) atoms. The molecular weight excluding hydrogens is 1700 g/mol. The fourth-order valence-electron chi connectivity index (χ4n) is 15.1. The fraction of sp³-hybridized carbons (Fsp3) is 0.196. The summed E-state index contributed by atoms with van der Waals surface area (Å²) in [5, 5.41) is 4.84. The zero-order valence-corrected chi connectivity index (χ0v) is 68.5. The number of rotatable bonds is 16. The average molecular weight is 1780 g/mol. The van der Waals surface area contributed by atoms with Gasteiger partial charge in [-0.25, -0.2) is 0 Å². The van der Waals surface area contributed by atoms with Crippen molar-refractivity contribution in [1.29, 1.82) is 0 Å². The average Bonchev–Trinajstić information content (AvgIpc) is 1.68. The maximum Gasteiger partial charge on any atom is 3.00 e. The number of aromatic nitrogens is 6. The number of aryl methyl sites for hydroxylation is 1. The minimum absolute atomic E-state index is 0. The molecule has 10 heteroatoms. The van der Waals surface area contributed by atoms with E-state index in [2.05, 4.69) is 282 Å². The summed E-state index contributed by atoms with van der Waals surface area (Å²) in [5.41, 5.74) is 17.0. The Kier molecular flexibility index (Phi) is 21.9. The maximum atomic E-state index is 5.68. The molecule has 0 aliphatic heterocycles. The van der Waals surface area contributed by atoms with E-state index in [4.69, 9.17) is 29.9 Å². The standard InChI is InChI=1S/C49H42N3S.C48H40N3S.2Ir/c1-33-27-35(30-38(28-33)48(5,36-17-9-7-10-18-36)42-21-13-15-25-50-42)45-46-40(39-24-23-34(29-41(39)53-46)32-47(2,3)4)31-44(52-45)49(6,37-19-11-8-12-20-37)43-22-14-16-26-51-43;1-46(2,3)32-33-25-26-38-39-31-43(48(5,36-20-10-7-11-21-36)42-24-13-15-28-50-42)51-44(45(39)52-40(38)29-33)34-17-16-22-37(30-34)47(4,35-18-8-6-9-19-35)41-23-12-14-27-49-41;;/h7-17,19,21-29,31H,32H2,1-6H3;6-18,20,22-29,31H,32H2,1-5H3;;/q2*-3;2*+3/t48?,49-;47?,48-;;/m11../s1. The van der Waals surface area contributed by atoms with Crippen molar-refractivity contribution in [2.24, 2.45) is 10.8 Å². The van der Waals surface area contributed by atoms with E-state index in [1.165, 1.54) is 42.1 Å². The van der Waals surface area contributed by atoms with Gasteiger partial charge in [-0.3, -0.25) is 29.9 Å². The Morgan fingerprint density at radius 1 is 0.308 bits per heavy atom. The van der Waals surface area contributed by atoms with Crippen molar-refractivity contribution in [2.45, 2.75) is 111 Å². The third kappa shape index (κ3) is 14.9. The SMILES string of the molecule is CC(C)(C)Cc1ccc2c(c1)sc1c(-c3[c-]c(C(C)(c4[c-]cccc4)c4ccccn4)ccc3)nc([C@](C)(c3[c-]cccc3)c3ccccn3)cc12.Cc1cc(-c2nc([C@](C)(c3[c-]cccc3)c3ccccn3)cc3c2sc2cc(CC(C)(C)C)ccc23)[c-]c(C(C)(c2[c-]cccc2)c2ccccn2)c1.[Ir+3].[Ir+3]. The summed E-state index contributed by atoms with van der Waals surface area (Å²) in [6, 6.07) is 109. The molecule has 6 nitrogen and oxygen atoms in total. The van der Waals surface area contributed by atoms with Crippen molar-refractivity contribution in [1.82, 2.24) is 29.9 Å². The van der Waals surface area contributed by atoms with E-state index in [0.29, 0.717) is 0 Å². The number of pyridine rings is 6. The molecule has 0 bridgehead atoms. The van der Waals surface area contributed by atoms with Gasteiger partial charge in [0.1, 0.15) is 0 Å². The Morgan fingerprint density at radius 3 is 1.04 bits per heavy atom. The normalized spacial score (nSPS) is 14.0. The number of nitrogens with zero attached hydrogens (tertiary/aromatic N) is 6. The third-order valence-electron chi connectivity index (χ3n) is 20.6. The number of hydrogen-bond donors (Lipinski definition) is 0. The van der Waals surface area contributed by atoms with Crippen LogP contribution >= 0.6 is 22.7 Å². The van der Waals surface area contributed by atoms with E-state index in [0.717, 1.165) is 118 Å². The first kappa shape index (κ1) is 75.6. The Morgan fingerprint density at radius 2 is 0.664 bits per heavy atom. The molecule has 530 valence electrons. The van der Waals surface area contributed by atoms with Gasteiger partial charge in [-0.2, -0.15) is 121 Å². The Labute approximate surface area is 665 Å². The molecule has 16 aromatic rings. The van der Waals surface area contributed by atoms with E-state index in [9.17, 15) is 0 Å². The largest absolute Gasteiger partial charge is 3.00 e. The molecular formula is C97H82Ir2N6S2. The molecule has 0 spiro atoms. The first-order valence-corrected chi connectivity index (χ1v) is 37.7. The number of thiophene rings is 2. The van der Waals surface area contributed by atoms with E-state index in [1.54, 1.807) is 0 Å². The van der Waals surface area contributed by atoms with E-state index in [-0.39, 0.29) is 51.0 Å². The van der Waals surface area contributed by atoms with Gasteiger partial charge in [0.2, 0.25) is 0 Å². The van der Waals surface area contributed by atoms with Gasteiger partial charge in [0, 0.05) is 77.2 Å². The van der Waals surface area contributed by atoms with Crippen LogP contribution in [0.2, 0.25) is 0 Å². The quantitative estimate of drug-likeness (QED) is 0.0897. The minimum Gasteiger partial charge on any atom is -0.299 e. The van der Waals surface area contributed by atoms with Gasteiger partial charge in [-0.15, -0.1) is 115 Å². The van der Waals surface area contributed by atoms with Gasteiger partial charge < -0.3 is 0 Å². The zero-order valence-electron chi connectivity index (χ0n) is 62.1. The molecule has 0 radical (unpaired) electrons. The van der Waals surface area contributed by atoms with Crippen LogP contribution in [0.15, 0.2) is 274 Å². The molecule has 0 saturated carbocycles. The molecule has 0 saturated heterocycles. The first-order valence-electron chi connectivity index (χ1n) is 36.0. The van der Waals surface area contributed by atoms with E-state index in [1.807, 2.05) is 126 Å². The molecule has 8 heterocycles. The smallest absolute Gasteiger partial charge is 0.299 e. The van der Waals surface area contributed by atoms with Crippen LogP contribution in [-0.4, -0.2) is 29.9 Å².